The molecule has 3 heterocycles. The maximum Gasteiger partial charge on any atom is 0.271 e. The average molecular weight is 438 g/mol. The van der Waals surface area contributed by atoms with Gasteiger partial charge in [-0.25, -0.2) is 13.3 Å². The third-order valence-electron chi connectivity index (χ3n) is 4.93. The highest BCUT2D eigenvalue weighted by Gasteiger charge is 2.28. The monoisotopic (exact) mass is 438 g/mol. The van der Waals surface area contributed by atoms with Gasteiger partial charge < -0.3 is 14.2 Å². The lowest BCUT2D eigenvalue weighted by Crippen LogP contribution is -2.40. The number of methoxy groups -OCH3 is 1. The van der Waals surface area contributed by atoms with Crippen molar-refractivity contribution in [3.63, 3.8) is 0 Å². The van der Waals surface area contributed by atoms with Crippen LogP contribution >= 0.6 is 0 Å². The van der Waals surface area contributed by atoms with Crippen molar-refractivity contribution in [2.24, 2.45) is 0 Å². The second kappa shape index (κ2) is 7.80. The normalized spacial score (nSPS) is 14.9. The number of halogens is 2. The van der Waals surface area contributed by atoms with Crippen LogP contribution in [0, 0.1) is 11.6 Å². The minimum atomic E-state index is -1.04. The molecule has 0 bridgehead atoms. The van der Waals surface area contributed by atoms with E-state index in [4.69, 9.17) is 14.2 Å². The first-order chi connectivity index (χ1) is 15.5. The van der Waals surface area contributed by atoms with Gasteiger partial charge in [0.05, 0.1) is 12.7 Å². The molecule has 0 saturated carbocycles. The number of hydrogen-bond donors (Lipinski definition) is 1. The number of ether oxygens (including phenoxy) is 3. The lowest BCUT2D eigenvalue weighted by atomic mass is 10.1. The van der Waals surface area contributed by atoms with E-state index >= 15 is 0 Å². The van der Waals surface area contributed by atoms with Gasteiger partial charge in [0.2, 0.25) is 12.1 Å². The molecular weight excluding hydrogens is 422 g/mol. The van der Waals surface area contributed by atoms with E-state index in [0.717, 1.165) is 6.07 Å². The number of hydrogen-bond acceptors (Lipinski definition) is 6. The summed E-state index contributed by atoms with van der Waals surface area (Å²) in [4.78, 5) is 16.8. The zero-order chi connectivity index (χ0) is 22.2. The third kappa shape index (κ3) is 3.45. The molecule has 0 fully saturated rings. The number of carbonyl (C=O) groups excluding carboxylic acids is 1. The highest BCUT2D eigenvalue weighted by molar-refractivity contribution is 5.93. The van der Waals surface area contributed by atoms with E-state index in [0.29, 0.717) is 22.7 Å². The van der Waals surface area contributed by atoms with Gasteiger partial charge in [0, 0.05) is 11.8 Å². The number of pyridine rings is 1. The second-order valence-corrected chi connectivity index (χ2v) is 6.95. The molecule has 8 nitrogen and oxygen atoms in total. The van der Waals surface area contributed by atoms with Crippen LogP contribution in [0.3, 0.4) is 0 Å². The number of benzene rings is 2. The molecule has 0 radical (unpaired) electrons. The Hall–Kier alpha value is -4.21. The van der Waals surface area contributed by atoms with Crippen molar-refractivity contribution in [1.29, 1.82) is 0 Å². The molecule has 0 spiro atoms. The number of aromatic nitrogens is 3. The number of fused-ring (bicyclic) bond motifs is 2. The van der Waals surface area contributed by atoms with Crippen LogP contribution < -0.4 is 19.5 Å². The zero-order valence-electron chi connectivity index (χ0n) is 16.7. The molecule has 0 saturated heterocycles. The minimum Gasteiger partial charge on any atom is -0.496 e. The molecule has 1 N–H and O–H groups in total. The van der Waals surface area contributed by atoms with Gasteiger partial charge in [-0.05, 0) is 36.4 Å². The predicted octanol–water partition coefficient (Wildman–Crippen LogP) is 3.46. The first kappa shape index (κ1) is 19.7. The van der Waals surface area contributed by atoms with Crippen LogP contribution in [0.2, 0.25) is 0 Å². The number of amides is 1. The zero-order valence-corrected chi connectivity index (χ0v) is 16.7. The number of para-hydroxylation sites is 2. The van der Waals surface area contributed by atoms with Gasteiger partial charge in [-0.3, -0.25) is 10.1 Å². The minimum absolute atomic E-state index is 0.0290. The second-order valence-electron chi connectivity index (χ2n) is 6.95. The van der Waals surface area contributed by atoms with Crippen LogP contribution in [-0.2, 0) is 4.79 Å². The summed E-state index contributed by atoms with van der Waals surface area (Å²) >= 11 is 0. The van der Waals surface area contributed by atoms with Gasteiger partial charge in [0.25, 0.3) is 5.91 Å². The molecule has 1 aliphatic heterocycles. The first-order valence-electron chi connectivity index (χ1n) is 9.61. The first-order valence-corrected chi connectivity index (χ1v) is 9.61. The molecule has 2 aromatic carbocycles. The van der Waals surface area contributed by atoms with Gasteiger partial charge in [-0.1, -0.05) is 12.1 Å². The maximum atomic E-state index is 14.4. The van der Waals surface area contributed by atoms with Crippen molar-refractivity contribution in [3.05, 3.63) is 66.4 Å². The van der Waals surface area contributed by atoms with E-state index in [1.165, 1.54) is 23.9 Å². The summed E-state index contributed by atoms with van der Waals surface area (Å²) in [5.74, 6) is -1.27. The predicted molar refractivity (Wildman–Crippen MR) is 110 cm³/mol. The molecular formula is C22H16F2N4O4. The summed E-state index contributed by atoms with van der Waals surface area (Å²) in [7, 11) is 1.37. The highest BCUT2D eigenvalue weighted by atomic mass is 19.2. The largest absolute Gasteiger partial charge is 0.496 e. The Morgan fingerprint density at radius 2 is 1.97 bits per heavy atom. The fourth-order valence-corrected chi connectivity index (χ4v) is 3.40. The standard InChI is InChI=1S/C22H16F2N4O4/c1-30-16-8-7-13(23)20(24)19(16)12-6-9-18-25-22(27-28(18)10-12)26-21(29)17-11-31-14-4-2-3-5-15(14)32-17/h2-10,17H,11H2,1H3,(H,26,27,29)/t17-/m1/s1. The number of anilines is 1. The van der Waals surface area contributed by atoms with Crippen molar-refractivity contribution in [2.75, 3.05) is 19.0 Å². The summed E-state index contributed by atoms with van der Waals surface area (Å²) < 4.78 is 46.0. The highest BCUT2D eigenvalue weighted by Crippen LogP contribution is 2.34. The van der Waals surface area contributed by atoms with Crippen LogP contribution in [-0.4, -0.2) is 40.3 Å². The Labute approximate surface area is 180 Å². The summed E-state index contributed by atoms with van der Waals surface area (Å²) in [6, 6.07) is 12.5. The maximum absolute atomic E-state index is 14.4. The van der Waals surface area contributed by atoms with Crippen molar-refractivity contribution in [3.8, 4) is 28.4 Å². The molecule has 162 valence electrons. The average Bonchev–Trinajstić information content (AvgIpc) is 3.21. The molecule has 1 atom stereocenters. The van der Waals surface area contributed by atoms with Crippen LogP contribution in [0.15, 0.2) is 54.7 Å². The smallest absolute Gasteiger partial charge is 0.271 e. The fourth-order valence-electron chi connectivity index (χ4n) is 3.40. The van der Waals surface area contributed by atoms with Crippen molar-refractivity contribution in [2.45, 2.75) is 6.10 Å². The SMILES string of the molecule is COc1ccc(F)c(F)c1-c1ccc2nc(NC(=O)[C@H]3COc4ccccc4O3)nn2c1. The van der Waals surface area contributed by atoms with Crippen LogP contribution in [0.1, 0.15) is 0 Å². The number of nitrogens with one attached hydrogen (secondary N) is 1. The van der Waals surface area contributed by atoms with Gasteiger partial charge in [0.15, 0.2) is 28.8 Å². The van der Waals surface area contributed by atoms with E-state index < -0.39 is 23.6 Å². The fraction of sp³-hybridized carbons (Fsp3) is 0.136. The van der Waals surface area contributed by atoms with E-state index in [1.807, 2.05) is 6.07 Å². The molecule has 0 aliphatic carbocycles. The van der Waals surface area contributed by atoms with Crippen LogP contribution in [0.25, 0.3) is 16.8 Å². The van der Waals surface area contributed by atoms with Gasteiger partial charge in [-0.15, -0.1) is 5.10 Å². The quantitative estimate of drug-likeness (QED) is 0.525. The molecule has 32 heavy (non-hydrogen) atoms. The Morgan fingerprint density at radius 3 is 2.78 bits per heavy atom. The Morgan fingerprint density at radius 1 is 1.16 bits per heavy atom. The molecule has 10 heteroatoms. The number of carbonyl (C=O) groups is 1. The lowest BCUT2D eigenvalue weighted by Gasteiger charge is -2.25. The van der Waals surface area contributed by atoms with Crippen molar-refractivity contribution in [1.82, 2.24) is 14.6 Å². The van der Waals surface area contributed by atoms with Gasteiger partial charge in [-0.2, -0.15) is 4.98 Å². The number of nitrogens with zero attached hydrogens (tertiary/aromatic N) is 3. The number of rotatable bonds is 4. The molecule has 0 unspecified atom stereocenters. The topological polar surface area (TPSA) is 87.0 Å². The Kier molecular flexibility index (Phi) is 4.81. The summed E-state index contributed by atoms with van der Waals surface area (Å²) in [5, 5.41) is 6.79. The summed E-state index contributed by atoms with van der Waals surface area (Å²) in [6.45, 7) is 0.0407. The van der Waals surface area contributed by atoms with Crippen LogP contribution in [0.4, 0.5) is 14.7 Å². The summed E-state index contributed by atoms with van der Waals surface area (Å²) in [5.41, 5.74) is 0.683. The van der Waals surface area contributed by atoms with Gasteiger partial charge >= 0.3 is 0 Å². The third-order valence-corrected chi connectivity index (χ3v) is 4.93. The Balaban J connectivity index is 1.40. The molecule has 5 rings (SSSR count). The summed E-state index contributed by atoms with van der Waals surface area (Å²) in [6.07, 6.45) is 0.590. The van der Waals surface area contributed by atoms with E-state index in [1.54, 1.807) is 30.3 Å². The Bertz CT molecular complexity index is 1340. The van der Waals surface area contributed by atoms with Gasteiger partial charge in [0.1, 0.15) is 12.4 Å². The van der Waals surface area contributed by atoms with E-state index in [9.17, 15) is 13.6 Å². The van der Waals surface area contributed by atoms with E-state index in [-0.39, 0.29) is 23.9 Å². The molecule has 1 aliphatic rings. The van der Waals surface area contributed by atoms with Crippen molar-refractivity contribution >= 4 is 17.5 Å². The lowest BCUT2D eigenvalue weighted by molar-refractivity contribution is -0.125. The van der Waals surface area contributed by atoms with Crippen molar-refractivity contribution < 1.29 is 27.8 Å². The molecule has 2 aromatic heterocycles. The molecule has 4 aromatic rings. The van der Waals surface area contributed by atoms with E-state index in [2.05, 4.69) is 15.4 Å². The molecule has 1 amide bonds. The van der Waals surface area contributed by atoms with Crippen LogP contribution in [0.5, 0.6) is 17.2 Å².